The van der Waals surface area contributed by atoms with Gasteiger partial charge >= 0.3 is 51.2 Å². The Morgan fingerprint density at radius 1 is 1.25 bits per heavy atom. The van der Waals surface area contributed by atoms with Gasteiger partial charge in [-0.3, -0.25) is 0 Å². The van der Waals surface area contributed by atoms with Crippen molar-refractivity contribution in [3.05, 3.63) is 12.4 Å². The largest absolute Gasteiger partial charge is 0.198 e. The summed E-state index contributed by atoms with van der Waals surface area (Å²) in [4.78, 5) is 0. The van der Waals surface area contributed by atoms with Crippen molar-refractivity contribution in [3.8, 4) is 0 Å². The zero-order valence-corrected chi connectivity index (χ0v) is 12.4. The summed E-state index contributed by atoms with van der Waals surface area (Å²) >= 11 is 4.90. The van der Waals surface area contributed by atoms with Gasteiger partial charge in [0.25, 0.3) is 0 Å². The Morgan fingerprint density at radius 3 is 1.75 bits per heavy atom. The van der Waals surface area contributed by atoms with Gasteiger partial charge in [-0.2, -0.15) is 15.4 Å². The molecule has 0 spiro atoms. The molecule has 0 fully saturated rings. The van der Waals surface area contributed by atoms with E-state index in [-0.39, 0.29) is 15.6 Å². The van der Waals surface area contributed by atoms with E-state index in [2.05, 4.69) is 50.9 Å². The SMILES string of the molecule is [I][Cd][I].c1cn[nH]n1. The van der Waals surface area contributed by atoms with Gasteiger partial charge in [0.1, 0.15) is 0 Å². The predicted molar refractivity (Wildman–Crippen MR) is 44.4 cm³/mol. The van der Waals surface area contributed by atoms with E-state index in [0.29, 0.717) is 0 Å². The van der Waals surface area contributed by atoms with Gasteiger partial charge in [0.15, 0.2) is 0 Å². The first-order valence-electron chi connectivity index (χ1n) is 1.83. The van der Waals surface area contributed by atoms with Crippen molar-refractivity contribution < 1.29 is 15.6 Å². The molecule has 0 aliphatic carbocycles. The van der Waals surface area contributed by atoms with Crippen LogP contribution in [0.5, 0.6) is 0 Å². The molecule has 1 aromatic rings. The van der Waals surface area contributed by atoms with Crippen molar-refractivity contribution in [2.75, 3.05) is 0 Å². The number of rotatable bonds is 0. The molecule has 0 atom stereocenters. The van der Waals surface area contributed by atoms with Crippen molar-refractivity contribution in [2.24, 2.45) is 0 Å². The minimum Gasteiger partial charge on any atom is -0.198 e. The molecule has 0 aliphatic heterocycles. The number of nitrogens with zero attached hydrogens (tertiary/aromatic N) is 2. The van der Waals surface area contributed by atoms with E-state index in [4.69, 9.17) is 0 Å². The second-order valence-corrected chi connectivity index (χ2v) is 31.1. The summed E-state index contributed by atoms with van der Waals surface area (Å²) in [5.41, 5.74) is 0. The summed E-state index contributed by atoms with van der Waals surface area (Å²) in [5, 5.41) is 9.33. The van der Waals surface area contributed by atoms with Crippen LogP contribution in [0.4, 0.5) is 0 Å². The van der Waals surface area contributed by atoms with Crippen LogP contribution in [0.15, 0.2) is 12.4 Å². The average molecular weight is 435 g/mol. The van der Waals surface area contributed by atoms with Crippen LogP contribution in [-0.2, 0) is 15.6 Å². The zero-order valence-electron chi connectivity index (χ0n) is 4.01. The Bertz CT molecular complexity index is 82.2. The van der Waals surface area contributed by atoms with E-state index in [1.807, 2.05) is 0 Å². The summed E-state index contributed by atoms with van der Waals surface area (Å²) in [5.74, 6) is 0. The molecule has 1 aromatic heterocycles. The van der Waals surface area contributed by atoms with Crippen LogP contribution in [0.3, 0.4) is 0 Å². The van der Waals surface area contributed by atoms with Crippen LogP contribution >= 0.6 is 35.5 Å². The molecule has 0 bridgehead atoms. The maximum absolute atomic E-state index is 3.49. The molecule has 1 heterocycles. The van der Waals surface area contributed by atoms with Crippen molar-refractivity contribution >= 4 is 35.5 Å². The van der Waals surface area contributed by atoms with Gasteiger partial charge in [0, 0.05) is 0 Å². The van der Waals surface area contributed by atoms with E-state index in [1.165, 1.54) is 0 Å². The topological polar surface area (TPSA) is 41.6 Å². The molecule has 0 aromatic carbocycles. The second kappa shape index (κ2) is 8.52. The summed E-state index contributed by atoms with van der Waals surface area (Å²) in [6.45, 7) is 0. The van der Waals surface area contributed by atoms with Crippen LogP contribution < -0.4 is 0 Å². The monoisotopic (exact) mass is 437 g/mol. The number of nitrogens with one attached hydrogen (secondary N) is 1. The summed E-state index contributed by atoms with van der Waals surface area (Å²) < 4.78 is 0. The minimum atomic E-state index is -0.0700. The molecule has 6 heteroatoms. The first-order valence-corrected chi connectivity index (χ1v) is 25.4. The fraction of sp³-hybridized carbons (Fsp3) is 0. The third kappa shape index (κ3) is 7.52. The van der Waals surface area contributed by atoms with Crippen molar-refractivity contribution in [2.45, 2.75) is 0 Å². The molecular weight excluding hydrogens is 432 g/mol. The Balaban J connectivity index is 0.000000145. The molecule has 0 saturated carbocycles. The van der Waals surface area contributed by atoms with E-state index in [9.17, 15) is 0 Å². The molecule has 42 valence electrons. The van der Waals surface area contributed by atoms with Gasteiger partial charge in [-0.25, -0.2) is 0 Å². The maximum atomic E-state index is 3.49. The molecule has 1 rings (SSSR count). The molecular formula is C2H3CdI2N3. The van der Waals surface area contributed by atoms with Crippen LogP contribution in [0.2, 0.25) is 0 Å². The standard InChI is InChI=1S/C2H3N3.Cd.2HI/c1-2-4-5-3-1;;;/h1-2H,(H,3,4,5);;2*1H/q;+2;;/p-2. The summed E-state index contributed by atoms with van der Waals surface area (Å²) in [6.07, 6.45) is 3.17. The smallest absolute Gasteiger partial charge is 0.0690 e. The Labute approximate surface area is 77.5 Å². The van der Waals surface area contributed by atoms with Gasteiger partial charge in [0.05, 0.1) is 12.4 Å². The van der Waals surface area contributed by atoms with Gasteiger partial charge in [-0.1, -0.05) is 0 Å². The van der Waals surface area contributed by atoms with E-state index >= 15 is 0 Å². The third-order valence-electron chi connectivity index (χ3n) is 0.331. The van der Waals surface area contributed by atoms with Gasteiger partial charge in [0.2, 0.25) is 0 Å². The predicted octanol–water partition coefficient (Wildman–Crippen LogP) is 1.57. The molecule has 0 radical (unpaired) electrons. The molecule has 0 aliphatic rings. The average Bonchev–Trinajstić information content (AvgIpc) is 2.17. The van der Waals surface area contributed by atoms with Crippen LogP contribution in [0.1, 0.15) is 0 Å². The minimum absolute atomic E-state index is 0.0700. The van der Waals surface area contributed by atoms with Gasteiger partial charge in [-0.05, 0) is 0 Å². The van der Waals surface area contributed by atoms with Gasteiger partial charge < -0.3 is 0 Å². The Morgan fingerprint density at radius 2 is 1.62 bits per heavy atom. The van der Waals surface area contributed by atoms with Crippen LogP contribution in [-0.4, -0.2) is 15.4 Å². The number of halogens is 2. The molecule has 0 unspecified atom stereocenters. The van der Waals surface area contributed by atoms with Crippen molar-refractivity contribution in [1.29, 1.82) is 0 Å². The molecule has 0 amide bonds. The maximum Gasteiger partial charge on any atom is 0.0690 e. The molecule has 1 N–H and O–H groups in total. The van der Waals surface area contributed by atoms with Crippen molar-refractivity contribution in [3.63, 3.8) is 0 Å². The number of aromatic nitrogens is 3. The quantitative estimate of drug-likeness (QED) is 0.497. The first kappa shape index (κ1) is 9.52. The Hall–Kier alpha value is 1.52. The fourth-order valence-corrected chi connectivity index (χ4v) is 0.167. The number of hydrogen-bond donors (Lipinski definition) is 1. The van der Waals surface area contributed by atoms with E-state index in [1.54, 1.807) is 12.4 Å². The third-order valence-corrected chi connectivity index (χ3v) is 0.331. The first-order chi connectivity index (χ1) is 3.91. The van der Waals surface area contributed by atoms with Crippen LogP contribution in [0, 0.1) is 0 Å². The molecule has 3 nitrogen and oxygen atoms in total. The fourth-order valence-electron chi connectivity index (χ4n) is 0.167. The number of H-pyrrole nitrogens is 1. The second-order valence-electron chi connectivity index (χ2n) is 0.757. The van der Waals surface area contributed by atoms with Gasteiger partial charge in [-0.15, -0.1) is 0 Å². The van der Waals surface area contributed by atoms with Crippen LogP contribution in [0.25, 0.3) is 0 Å². The van der Waals surface area contributed by atoms with E-state index < -0.39 is 0 Å². The van der Waals surface area contributed by atoms with E-state index in [0.717, 1.165) is 0 Å². The number of aromatic amines is 1. The summed E-state index contributed by atoms with van der Waals surface area (Å²) in [7, 11) is 0. The Kier molecular flexibility index (Phi) is 10.1. The normalized spacial score (nSPS) is 6.25. The molecule has 0 saturated heterocycles. The number of hydrogen-bond acceptors (Lipinski definition) is 2. The van der Waals surface area contributed by atoms with Crippen molar-refractivity contribution in [1.82, 2.24) is 15.4 Å². The zero-order chi connectivity index (χ0) is 6.24. The molecule has 8 heavy (non-hydrogen) atoms. The summed E-state index contributed by atoms with van der Waals surface area (Å²) in [6, 6.07) is 0.